The van der Waals surface area contributed by atoms with Crippen molar-refractivity contribution in [3.05, 3.63) is 131 Å². The van der Waals surface area contributed by atoms with Gasteiger partial charge in [-0.1, -0.05) is 84.6 Å². The van der Waals surface area contributed by atoms with E-state index in [9.17, 15) is 24.6 Å². The van der Waals surface area contributed by atoms with Gasteiger partial charge in [-0.3, -0.25) is 19.3 Å². The normalized spacial score (nSPS) is 25.5. The number of carbonyl (C=O) groups excluding carboxylic acids is 3. The van der Waals surface area contributed by atoms with E-state index >= 15 is 0 Å². The molecule has 0 radical (unpaired) electrons. The second-order valence-electron chi connectivity index (χ2n) is 12.3. The lowest BCUT2D eigenvalue weighted by Crippen LogP contribution is -2.53. The van der Waals surface area contributed by atoms with Crippen LogP contribution >= 0.6 is 0 Å². The molecule has 5 N–H and O–H groups in total. The van der Waals surface area contributed by atoms with Crippen LogP contribution < -0.4 is 15.8 Å². The number of nitrogens with one attached hydrogen (secondary N) is 1. The Bertz CT molecular complexity index is 1940. The molecule has 10 heteroatoms. The van der Waals surface area contributed by atoms with Crippen molar-refractivity contribution >= 4 is 23.5 Å². The fraction of sp³-hybridized carbons (Fsp3) is 0.256. The van der Waals surface area contributed by atoms with E-state index in [2.05, 4.69) is 17.2 Å². The van der Waals surface area contributed by atoms with Crippen molar-refractivity contribution < 1.29 is 34.1 Å². The van der Waals surface area contributed by atoms with E-state index in [-0.39, 0.29) is 26.2 Å². The van der Waals surface area contributed by atoms with E-state index in [1.54, 1.807) is 30.3 Å². The van der Waals surface area contributed by atoms with Gasteiger partial charge >= 0.3 is 5.97 Å². The number of cyclic esters (lactones) is 1. The highest BCUT2D eigenvalue weighted by molar-refractivity contribution is 6.12. The quantitative estimate of drug-likeness (QED) is 0.166. The zero-order valence-corrected chi connectivity index (χ0v) is 26.5. The summed E-state index contributed by atoms with van der Waals surface area (Å²) in [5, 5.41) is 21.6. The number of anilines is 1. The molecule has 3 aliphatic rings. The smallest absolute Gasteiger partial charge is 0.324 e. The summed E-state index contributed by atoms with van der Waals surface area (Å²) in [5.74, 6) is 3.21. The van der Waals surface area contributed by atoms with Crippen molar-refractivity contribution in [2.24, 2.45) is 11.7 Å². The van der Waals surface area contributed by atoms with Crippen LogP contribution in [-0.2, 0) is 24.5 Å². The highest BCUT2D eigenvalue weighted by Crippen LogP contribution is 2.64. The molecule has 3 aliphatic heterocycles. The third-order valence-corrected chi connectivity index (χ3v) is 9.64. The van der Waals surface area contributed by atoms with Gasteiger partial charge in [-0.15, -0.1) is 0 Å². The SMILES string of the molecule is NC(=O)[C@@H]1[C@H]2C(=O)O[C@H](c3ccccc3)[C@H](c3ccccc3)N2[C@H](c2ccc(OCCO)cc2)[C@@]12C(=O)Nc1ccc(C#CCCO)cc12. The minimum atomic E-state index is -1.67. The number of aliphatic hydroxyl groups is 2. The second kappa shape index (κ2) is 13.2. The number of rotatable bonds is 8. The molecule has 4 aromatic carbocycles. The van der Waals surface area contributed by atoms with Crippen LogP contribution in [0.3, 0.4) is 0 Å². The molecule has 0 unspecified atom stereocenters. The Morgan fingerprint density at radius 3 is 2.22 bits per heavy atom. The number of primary amides is 1. The van der Waals surface area contributed by atoms with Crippen molar-refractivity contribution in [3.8, 4) is 17.6 Å². The summed E-state index contributed by atoms with van der Waals surface area (Å²) in [6.07, 6.45) is -0.525. The van der Waals surface area contributed by atoms with Gasteiger partial charge in [-0.25, -0.2) is 0 Å². The first-order valence-electron chi connectivity index (χ1n) is 16.2. The Morgan fingerprint density at radius 1 is 0.878 bits per heavy atom. The molecule has 7 rings (SSSR count). The van der Waals surface area contributed by atoms with Crippen molar-refractivity contribution in [1.82, 2.24) is 4.90 Å². The van der Waals surface area contributed by atoms with Gasteiger partial charge < -0.3 is 30.7 Å². The number of nitrogens with zero attached hydrogens (tertiary/aromatic N) is 1. The predicted octanol–water partition coefficient (Wildman–Crippen LogP) is 3.55. The monoisotopic (exact) mass is 657 g/mol. The maximum Gasteiger partial charge on any atom is 0.324 e. The summed E-state index contributed by atoms with van der Waals surface area (Å²) in [6.45, 7) is -0.166. The lowest BCUT2D eigenvalue weighted by atomic mass is 9.65. The molecular weight excluding hydrogens is 622 g/mol. The van der Waals surface area contributed by atoms with Gasteiger partial charge in [0.2, 0.25) is 11.8 Å². The Labute approximate surface area is 283 Å². The number of fused-ring (bicyclic) bond motifs is 3. The van der Waals surface area contributed by atoms with E-state index in [1.807, 2.05) is 77.7 Å². The fourth-order valence-corrected chi connectivity index (χ4v) is 7.83. The van der Waals surface area contributed by atoms with Gasteiger partial charge in [0.05, 0.1) is 31.2 Å². The van der Waals surface area contributed by atoms with Gasteiger partial charge in [0.25, 0.3) is 0 Å². The number of hydrogen-bond acceptors (Lipinski definition) is 8. The number of ether oxygens (including phenoxy) is 2. The average Bonchev–Trinajstić information content (AvgIpc) is 3.60. The van der Waals surface area contributed by atoms with Gasteiger partial charge in [0.1, 0.15) is 29.9 Å². The molecule has 4 aromatic rings. The number of hydrogen-bond donors (Lipinski definition) is 4. The molecule has 248 valence electrons. The molecule has 10 nitrogen and oxygen atoms in total. The molecular formula is C39H35N3O7. The van der Waals surface area contributed by atoms with E-state index in [0.717, 1.165) is 11.1 Å². The summed E-state index contributed by atoms with van der Waals surface area (Å²) >= 11 is 0. The third-order valence-electron chi connectivity index (χ3n) is 9.64. The van der Waals surface area contributed by atoms with Crippen molar-refractivity contribution in [2.45, 2.75) is 36.1 Å². The van der Waals surface area contributed by atoms with Crippen LogP contribution in [-0.4, -0.2) is 58.8 Å². The van der Waals surface area contributed by atoms with Crippen molar-refractivity contribution in [1.29, 1.82) is 0 Å². The first-order chi connectivity index (χ1) is 23.9. The summed E-state index contributed by atoms with van der Waals surface area (Å²) in [6, 6.07) is 28.6. The predicted molar refractivity (Wildman–Crippen MR) is 180 cm³/mol. The number of carbonyl (C=O) groups is 3. The van der Waals surface area contributed by atoms with Crippen LogP contribution in [0.4, 0.5) is 5.69 Å². The minimum Gasteiger partial charge on any atom is -0.491 e. The summed E-state index contributed by atoms with van der Waals surface area (Å²) < 4.78 is 11.9. The largest absolute Gasteiger partial charge is 0.491 e. The number of esters is 1. The molecule has 1 spiro atoms. The maximum absolute atomic E-state index is 14.8. The van der Waals surface area contributed by atoms with E-state index in [0.29, 0.717) is 28.1 Å². The fourth-order valence-electron chi connectivity index (χ4n) is 7.83. The molecule has 0 aliphatic carbocycles. The summed E-state index contributed by atoms with van der Waals surface area (Å²) in [7, 11) is 0. The molecule has 2 amide bonds. The summed E-state index contributed by atoms with van der Waals surface area (Å²) in [4.78, 5) is 45.0. The zero-order valence-electron chi connectivity index (χ0n) is 26.5. The van der Waals surface area contributed by atoms with Gasteiger partial charge in [-0.2, -0.15) is 0 Å². The van der Waals surface area contributed by atoms with Crippen LogP contribution in [0.2, 0.25) is 0 Å². The first-order valence-corrected chi connectivity index (χ1v) is 16.2. The number of benzene rings is 4. The third kappa shape index (κ3) is 5.33. The molecule has 0 saturated carbocycles. The van der Waals surface area contributed by atoms with E-state index in [4.69, 9.17) is 15.2 Å². The molecule has 3 heterocycles. The Morgan fingerprint density at radius 2 is 1.57 bits per heavy atom. The van der Waals surface area contributed by atoms with Crippen LogP contribution in [0.25, 0.3) is 0 Å². The lowest BCUT2D eigenvalue weighted by molar-refractivity contribution is -0.178. The Kier molecular flexibility index (Phi) is 8.65. The summed E-state index contributed by atoms with van der Waals surface area (Å²) in [5.41, 5.74) is 8.38. The van der Waals surface area contributed by atoms with E-state index in [1.165, 1.54) is 0 Å². The van der Waals surface area contributed by atoms with Crippen LogP contribution in [0, 0.1) is 17.8 Å². The topological polar surface area (TPSA) is 151 Å². The van der Waals surface area contributed by atoms with Crippen molar-refractivity contribution in [2.75, 3.05) is 25.1 Å². The molecule has 0 aromatic heterocycles. The number of amides is 2. The van der Waals surface area contributed by atoms with Crippen molar-refractivity contribution in [3.63, 3.8) is 0 Å². The van der Waals surface area contributed by atoms with Crippen LogP contribution in [0.5, 0.6) is 5.75 Å². The van der Waals surface area contributed by atoms with Gasteiger partial charge in [0.15, 0.2) is 0 Å². The Balaban J connectivity index is 1.52. The molecule has 2 saturated heterocycles. The first kappa shape index (κ1) is 32.1. The van der Waals surface area contributed by atoms with Crippen LogP contribution in [0.1, 0.15) is 52.4 Å². The van der Waals surface area contributed by atoms with Crippen LogP contribution in [0.15, 0.2) is 103 Å². The molecule has 0 bridgehead atoms. The maximum atomic E-state index is 14.8. The zero-order chi connectivity index (χ0) is 34.1. The Hall–Kier alpha value is -5.47. The molecule has 6 atom stereocenters. The highest BCUT2D eigenvalue weighted by Gasteiger charge is 2.73. The minimum absolute atomic E-state index is 0.0984. The number of morpholine rings is 1. The van der Waals surface area contributed by atoms with E-state index < -0.39 is 53.3 Å². The number of aliphatic hydroxyl groups excluding tert-OH is 2. The number of nitrogens with two attached hydrogens (primary N) is 1. The lowest BCUT2D eigenvalue weighted by Gasteiger charge is -2.46. The second-order valence-corrected chi connectivity index (χ2v) is 12.3. The molecule has 2 fully saturated rings. The van der Waals surface area contributed by atoms with Gasteiger partial charge in [0, 0.05) is 17.7 Å². The standard InChI is InChI=1S/C39H35N3O7/c40-36(45)31-33-37(46)49-34(26-12-5-2-6-13-26)32(25-10-3-1-4-11-25)42(33)35(27-15-17-28(18-16-27)48-22-21-44)39(31)29-23-24(9-7-8-20-43)14-19-30(29)41-38(39)47/h1-6,10-19,23,31-35,43-44H,8,20-22H2,(H2,40,45)(H,41,47)/t31-,32-,33-,34+,35+,39-/m0/s1. The molecule has 49 heavy (non-hydrogen) atoms. The van der Waals surface area contributed by atoms with Gasteiger partial charge in [-0.05, 0) is 52.6 Å². The average molecular weight is 658 g/mol. The highest BCUT2D eigenvalue weighted by atomic mass is 16.6.